The number of sulfonamides is 1. The van der Waals surface area contributed by atoms with Gasteiger partial charge in [0.2, 0.25) is 10.0 Å². The first kappa shape index (κ1) is 33.7. The van der Waals surface area contributed by atoms with Crippen molar-refractivity contribution in [2.45, 2.75) is 75.9 Å². The zero-order valence-electron chi connectivity index (χ0n) is 26.1. The molecule has 0 spiro atoms. The van der Waals surface area contributed by atoms with Gasteiger partial charge in [-0.05, 0) is 98.2 Å². The summed E-state index contributed by atoms with van der Waals surface area (Å²) in [7, 11) is -2.57. The molecule has 2 heterocycles. The van der Waals surface area contributed by atoms with Crippen LogP contribution in [0.15, 0.2) is 48.6 Å². The van der Waals surface area contributed by atoms with Crippen LogP contribution in [-0.4, -0.2) is 70.3 Å². The summed E-state index contributed by atoms with van der Waals surface area (Å²) in [5.41, 5.74) is 3.20. The van der Waals surface area contributed by atoms with Gasteiger partial charge in [-0.1, -0.05) is 36.7 Å². The zero-order valence-corrected chi connectivity index (χ0v) is 27.7. The number of fused-ring (bicyclic) bond motifs is 3. The summed E-state index contributed by atoms with van der Waals surface area (Å²) in [5, 5.41) is 10.9. The van der Waals surface area contributed by atoms with Crippen LogP contribution in [0.25, 0.3) is 0 Å². The Kier molecular flexibility index (Phi) is 11.5. The molecule has 0 aromatic heterocycles. The molecule has 2 aliphatic heterocycles. The number of benzene rings is 2. The fraction of sp³-hybridized carbons (Fsp3) is 0.559. The number of carbonyl (C=O) groups excluding carboxylic acids is 1. The van der Waals surface area contributed by atoms with E-state index in [4.69, 9.17) is 25.8 Å². The molecule has 1 saturated carbocycles. The van der Waals surface area contributed by atoms with Gasteiger partial charge in [-0.2, -0.15) is 0 Å². The predicted octanol–water partition coefficient (Wildman–Crippen LogP) is 5.28. The Bertz CT molecular complexity index is 1470. The number of rotatable bonds is 5. The highest BCUT2D eigenvalue weighted by atomic mass is 35.5. The molecule has 0 unspecified atom stereocenters. The first-order valence-corrected chi connectivity index (χ1v) is 17.9. The van der Waals surface area contributed by atoms with Crippen molar-refractivity contribution in [3.8, 4) is 5.75 Å². The lowest BCUT2D eigenvalue weighted by atomic mass is 9.70. The minimum atomic E-state index is -4.12. The van der Waals surface area contributed by atoms with Gasteiger partial charge in [-0.3, -0.25) is 4.79 Å². The number of nitrogens with one attached hydrogen (secondary N) is 1. The maximum Gasteiger partial charge on any atom is 0.264 e. The van der Waals surface area contributed by atoms with E-state index in [0.29, 0.717) is 30.5 Å². The van der Waals surface area contributed by atoms with Gasteiger partial charge in [0.1, 0.15) is 17.6 Å². The number of amides is 1. The van der Waals surface area contributed by atoms with Crippen LogP contribution < -0.4 is 14.4 Å². The number of ether oxygens (including phenoxy) is 3. The maximum atomic E-state index is 13.6. The molecular formula is C34H45ClN2O7S. The van der Waals surface area contributed by atoms with Crippen molar-refractivity contribution >= 4 is 33.2 Å². The Labute approximate surface area is 271 Å². The second-order valence-electron chi connectivity index (χ2n) is 12.3. The van der Waals surface area contributed by atoms with E-state index >= 15 is 0 Å². The molecule has 0 radical (unpaired) electrons. The van der Waals surface area contributed by atoms with Crippen LogP contribution in [0.4, 0.5) is 5.69 Å². The molecule has 11 heteroatoms. The molecule has 1 amide bonds. The van der Waals surface area contributed by atoms with Crippen molar-refractivity contribution in [1.82, 2.24) is 4.72 Å². The summed E-state index contributed by atoms with van der Waals surface area (Å²) in [6.07, 6.45) is 7.35. The van der Waals surface area contributed by atoms with Gasteiger partial charge in [0.25, 0.3) is 5.91 Å². The number of halogens is 1. The number of nitrogens with zero attached hydrogens (tertiary/aromatic N) is 1. The average Bonchev–Trinajstić information content (AvgIpc) is 3.01. The molecular weight excluding hydrogens is 616 g/mol. The summed E-state index contributed by atoms with van der Waals surface area (Å²) >= 11 is 6.32. The van der Waals surface area contributed by atoms with Gasteiger partial charge in [0.05, 0.1) is 31.1 Å². The molecule has 246 valence electrons. The third-order valence-corrected chi connectivity index (χ3v) is 11.5. The van der Waals surface area contributed by atoms with E-state index in [2.05, 4.69) is 9.62 Å². The molecule has 5 rings (SSSR count). The summed E-state index contributed by atoms with van der Waals surface area (Å²) in [6, 6.07) is 11.0. The molecule has 2 bridgehead atoms. The highest BCUT2D eigenvalue weighted by Crippen LogP contribution is 2.41. The lowest BCUT2D eigenvalue weighted by Crippen LogP contribution is -2.45. The average molecular weight is 661 g/mol. The smallest absolute Gasteiger partial charge is 0.264 e. The Morgan fingerprint density at radius 3 is 2.71 bits per heavy atom. The van der Waals surface area contributed by atoms with E-state index in [1.807, 2.05) is 24.3 Å². The molecule has 45 heavy (non-hydrogen) atoms. The molecule has 2 aromatic rings. The number of aliphatic hydroxyl groups excluding tert-OH is 1. The summed E-state index contributed by atoms with van der Waals surface area (Å²) in [4.78, 5) is 15.8. The molecule has 1 fully saturated rings. The molecule has 2 N–H and O–H groups in total. The molecule has 9 nitrogen and oxygen atoms in total. The van der Waals surface area contributed by atoms with E-state index in [1.165, 1.54) is 0 Å². The van der Waals surface area contributed by atoms with Gasteiger partial charge in [0, 0.05) is 30.8 Å². The van der Waals surface area contributed by atoms with Crippen LogP contribution in [0, 0.1) is 11.8 Å². The topological polar surface area (TPSA) is 114 Å². The maximum absolute atomic E-state index is 13.6. The van der Waals surface area contributed by atoms with Crippen molar-refractivity contribution in [3.05, 3.63) is 70.3 Å². The van der Waals surface area contributed by atoms with Crippen LogP contribution >= 0.6 is 11.6 Å². The van der Waals surface area contributed by atoms with Gasteiger partial charge in [-0.15, -0.1) is 0 Å². The summed E-state index contributed by atoms with van der Waals surface area (Å²) < 4.78 is 47.1. The van der Waals surface area contributed by atoms with Gasteiger partial charge in [-0.25, -0.2) is 13.1 Å². The van der Waals surface area contributed by atoms with E-state index in [0.717, 1.165) is 55.5 Å². The minimum absolute atomic E-state index is 0.0770. The fourth-order valence-electron chi connectivity index (χ4n) is 6.68. The molecule has 0 saturated heterocycles. The quantitative estimate of drug-likeness (QED) is 0.329. The lowest BCUT2D eigenvalue weighted by molar-refractivity contribution is 0.0156. The van der Waals surface area contributed by atoms with Crippen molar-refractivity contribution in [2.75, 3.05) is 38.3 Å². The standard InChI is InChI=1S/C34H45ClN2O7S/c1-3-33-32(43-18-17-42-2)9-6-8-30(38)28-14-11-25(28)21-37-16-5-4-7-23-19-27(35)13-10-26(23)22-44-31-15-12-24(20-29(31)37)34(39)36-45(33,40)41/h6,8,10,12-13,15,19-20,25,28,30,32-33,38H,3-5,7,9,11,14,16-18,21-22H2,1-2H3,(H,36,39)/b8-6+/t25-,28+,30-,32-,33-/m0/s1. The molecule has 2 aromatic carbocycles. The van der Waals surface area contributed by atoms with Gasteiger partial charge in [0.15, 0.2) is 0 Å². The summed E-state index contributed by atoms with van der Waals surface area (Å²) in [6.45, 7) is 4.03. The van der Waals surface area contributed by atoms with E-state index < -0.39 is 33.4 Å². The number of aryl methyl sites for hydroxylation is 1. The van der Waals surface area contributed by atoms with Crippen LogP contribution in [0.3, 0.4) is 0 Å². The Hall–Kier alpha value is -2.63. The first-order chi connectivity index (χ1) is 21.7. The highest BCUT2D eigenvalue weighted by Gasteiger charge is 2.38. The zero-order chi connectivity index (χ0) is 32.0. The SMILES string of the molecule is CC[C@H]1[C@@H](OCCOC)C/C=C/[C@H](O)[C@@H]2CC[C@H]2CN2CCCCc3cc(Cl)ccc3COc3ccc(cc32)C(=O)NS1(=O)=O. The Balaban J connectivity index is 1.52. The third-order valence-electron chi connectivity index (χ3n) is 9.38. The van der Waals surface area contributed by atoms with Crippen LogP contribution in [0.2, 0.25) is 5.02 Å². The van der Waals surface area contributed by atoms with Crippen LogP contribution in [-0.2, 0) is 32.5 Å². The van der Waals surface area contributed by atoms with Crippen molar-refractivity contribution in [2.24, 2.45) is 11.8 Å². The first-order valence-electron chi connectivity index (χ1n) is 16.0. The number of anilines is 1. The van der Waals surface area contributed by atoms with Crippen LogP contribution in [0.5, 0.6) is 5.75 Å². The van der Waals surface area contributed by atoms with Crippen molar-refractivity contribution in [1.29, 1.82) is 0 Å². The largest absolute Gasteiger partial charge is 0.487 e. The molecule has 1 aliphatic carbocycles. The Morgan fingerprint density at radius 1 is 1.11 bits per heavy atom. The number of carbonyl (C=O) groups is 1. The van der Waals surface area contributed by atoms with Gasteiger partial charge < -0.3 is 24.2 Å². The lowest BCUT2D eigenvalue weighted by Gasteiger charge is -2.42. The highest BCUT2D eigenvalue weighted by molar-refractivity contribution is 7.90. The minimum Gasteiger partial charge on any atom is -0.487 e. The third kappa shape index (κ3) is 8.21. The number of hydrogen-bond acceptors (Lipinski definition) is 8. The number of methoxy groups -OCH3 is 1. The molecule has 3 aliphatic rings. The second kappa shape index (κ2) is 15.3. The van der Waals surface area contributed by atoms with Gasteiger partial charge >= 0.3 is 0 Å². The van der Waals surface area contributed by atoms with E-state index in [9.17, 15) is 18.3 Å². The van der Waals surface area contributed by atoms with Crippen LogP contribution in [0.1, 0.15) is 66.9 Å². The monoisotopic (exact) mass is 660 g/mol. The predicted molar refractivity (Wildman–Crippen MR) is 175 cm³/mol. The summed E-state index contributed by atoms with van der Waals surface area (Å²) in [5.74, 6) is 0.253. The Morgan fingerprint density at radius 2 is 1.96 bits per heavy atom. The second-order valence-corrected chi connectivity index (χ2v) is 14.6. The van der Waals surface area contributed by atoms with E-state index in [1.54, 1.807) is 38.3 Å². The molecule has 5 atom stereocenters. The normalized spacial score (nSPS) is 27.9. The fourth-order valence-corrected chi connectivity index (χ4v) is 8.43. The number of hydrogen-bond donors (Lipinski definition) is 2. The van der Waals surface area contributed by atoms with Crippen molar-refractivity contribution < 1.29 is 32.5 Å². The van der Waals surface area contributed by atoms with E-state index in [-0.39, 0.29) is 36.8 Å². The van der Waals surface area contributed by atoms with Crippen molar-refractivity contribution in [3.63, 3.8) is 0 Å². The number of aliphatic hydroxyl groups is 1.